The highest BCUT2D eigenvalue weighted by Crippen LogP contribution is 2.37. The Morgan fingerprint density at radius 2 is 2.00 bits per heavy atom. The van der Waals surface area contributed by atoms with Gasteiger partial charge in [0.15, 0.2) is 5.79 Å². The number of ether oxygens (including phenoxy) is 2. The van der Waals surface area contributed by atoms with E-state index in [2.05, 4.69) is 5.32 Å². The molecule has 0 amide bonds. The molecule has 0 aromatic heterocycles. The zero-order chi connectivity index (χ0) is 14.8. The van der Waals surface area contributed by atoms with Crippen LogP contribution in [0.3, 0.4) is 0 Å². The van der Waals surface area contributed by atoms with Crippen molar-refractivity contribution < 1.29 is 22.1 Å². The van der Waals surface area contributed by atoms with Gasteiger partial charge in [-0.25, -0.2) is 8.42 Å². The van der Waals surface area contributed by atoms with Gasteiger partial charge in [-0.3, -0.25) is 4.21 Å². The molecule has 1 saturated heterocycles. The van der Waals surface area contributed by atoms with E-state index < -0.39 is 26.4 Å². The van der Waals surface area contributed by atoms with Crippen LogP contribution in [0.5, 0.6) is 0 Å². The van der Waals surface area contributed by atoms with Gasteiger partial charge in [-0.2, -0.15) is 0 Å². The summed E-state index contributed by atoms with van der Waals surface area (Å²) in [5.41, 5.74) is 0. The van der Waals surface area contributed by atoms with Gasteiger partial charge in [-0.1, -0.05) is 0 Å². The minimum Gasteiger partial charge on any atom is -0.347 e. The van der Waals surface area contributed by atoms with E-state index in [1.165, 1.54) is 6.26 Å². The van der Waals surface area contributed by atoms with Crippen LogP contribution in [0.4, 0.5) is 0 Å². The summed E-state index contributed by atoms with van der Waals surface area (Å²) in [5.74, 6) is -0.461. The van der Waals surface area contributed by atoms with Gasteiger partial charge in [0.2, 0.25) is 0 Å². The molecule has 6 nitrogen and oxygen atoms in total. The summed E-state index contributed by atoms with van der Waals surface area (Å²) in [4.78, 5) is 0. The number of rotatable bonds is 5. The minimum absolute atomic E-state index is 0.0404. The summed E-state index contributed by atoms with van der Waals surface area (Å²) >= 11 is 0. The van der Waals surface area contributed by atoms with Crippen LogP contribution >= 0.6 is 0 Å². The van der Waals surface area contributed by atoms with Crippen LogP contribution in [0.1, 0.15) is 19.3 Å². The van der Waals surface area contributed by atoms with Crippen molar-refractivity contribution in [1.82, 2.24) is 5.32 Å². The molecule has 0 aromatic carbocycles. The molecule has 0 bridgehead atoms. The summed E-state index contributed by atoms with van der Waals surface area (Å²) in [5, 5.41) is 3.05. The van der Waals surface area contributed by atoms with E-state index >= 15 is 0 Å². The van der Waals surface area contributed by atoms with Crippen molar-refractivity contribution in [3.63, 3.8) is 0 Å². The van der Waals surface area contributed by atoms with E-state index in [1.54, 1.807) is 0 Å². The lowest BCUT2D eigenvalue weighted by atomic mass is 9.89. The Morgan fingerprint density at radius 1 is 1.35 bits per heavy atom. The van der Waals surface area contributed by atoms with E-state index in [0.29, 0.717) is 19.6 Å². The molecule has 1 aliphatic heterocycles. The highest BCUT2D eigenvalue weighted by atomic mass is 32.2. The SMILES string of the molecule is CNC1CCC2(CC1S(=O)CCS(C)(=O)=O)OCCO2. The molecule has 2 aliphatic rings. The van der Waals surface area contributed by atoms with E-state index in [1.807, 2.05) is 7.05 Å². The lowest BCUT2D eigenvalue weighted by Gasteiger charge is -2.40. The molecule has 0 aromatic rings. The molecule has 20 heavy (non-hydrogen) atoms. The molecule has 2 rings (SSSR count). The molecule has 1 heterocycles. The van der Waals surface area contributed by atoms with Crippen molar-refractivity contribution in [2.45, 2.75) is 36.3 Å². The van der Waals surface area contributed by atoms with Crippen LogP contribution in [-0.4, -0.2) is 67.7 Å². The second kappa shape index (κ2) is 6.39. The first-order valence-electron chi connectivity index (χ1n) is 6.85. The first-order chi connectivity index (χ1) is 9.35. The number of sulfone groups is 1. The Balaban J connectivity index is 2.03. The highest BCUT2D eigenvalue weighted by Gasteiger charge is 2.46. The quantitative estimate of drug-likeness (QED) is 0.745. The molecular weight excluding hydrogens is 302 g/mol. The maximum absolute atomic E-state index is 12.4. The van der Waals surface area contributed by atoms with Gasteiger partial charge in [-0.05, 0) is 13.5 Å². The first-order valence-corrected chi connectivity index (χ1v) is 10.3. The molecule has 2 fully saturated rings. The molecule has 1 saturated carbocycles. The Hall–Kier alpha value is -0.0200. The predicted octanol–water partition coefficient (Wildman–Crippen LogP) is -0.337. The zero-order valence-electron chi connectivity index (χ0n) is 12.0. The van der Waals surface area contributed by atoms with Gasteiger partial charge in [0, 0.05) is 41.7 Å². The Kier molecular flexibility index (Phi) is 5.23. The van der Waals surface area contributed by atoms with E-state index in [4.69, 9.17) is 9.47 Å². The fourth-order valence-electron chi connectivity index (χ4n) is 2.86. The first kappa shape index (κ1) is 16.4. The van der Waals surface area contributed by atoms with Crippen molar-refractivity contribution in [3.8, 4) is 0 Å². The summed E-state index contributed by atoms with van der Waals surface area (Å²) in [6.07, 6.45) is 3.35. The predicted molar refractivity (Wildman–Crippen MR) is 77.8 cm³/mol. The Labute approximate surface area is 123 Å². The van der Waals surface area contributed by atoms with Gasteiger partial charge in [0.1, 0.15) is 9.84 Å². The van der Waals surface area contributed by atoms with Crippen LogP contribution in [0.15, 0.2) is 0 Å². The standard InChI is InChI=1S/C12H23NO5S2/c1-13-10-3-4-12(17-5-6-18-12)9-11(10)19(14)7-8-20(2,15)16/h10-11,13H,3-9H2,1-2H3. The third-order valence-electron chi connectivity index (χ3n) is 3.97. The Morgan fingerprint density at radius 3 is 2.55 bits per heavy atom. The van der Waals surface area contributed by atoms with Crippen molar-refractivity contribution in [2.24, 2.45) is 0 Å². The fraction of sp³-hybridized carbons (Fsp3) is 1.00. The van der Waals surface area contributed by atoms with Crippen molar-refractivity contribution in [2.75, 3.05) is 38.0 Å². The molecule has 3 atom stereocenters. The summed E-state index contributed by atoms with van der Waals surface area (Å²) in [7, 11) is -2.45. The van der Waals surface area contributed by atoms with Crippen molar-refractivity contribution in [3.05, 3.63) is 0 Å². The van der Waals surface area contributed by atoms with Crippen LogP contribution < -0.4 is 5.32 Å². The van der Waals surface area contributed by atoms with E-state index in [9.17, 15) is 12.6 Å². The van der Waals surface area contributed by atoms with Crippen LogP contribution in [0.25, 0.3) is 0 Å². The third-order valence-corrected chi connectivity index (χ3v) is 6.96. The second-order valence-corrected chi connectivity index (χ2v) is 9.53. The van der Waals surface area contributed by atoms with Crippen LogP contribution in [0, 0.1) is 0 Å². The van der Waals surface area contributed by atoms with Gasteiger partial charge in [-0.15, -0.1) is 0 Å². The summed E-state index contributed by atoms with van der Waals surface area (Å²) in [6.45, 7) is 1.15. The molecular formula is C12H23NO5S2. The highest BCUT2D eigenvalue weighted by molar-refractivity contribution is 7.92. The molecule has 1 spiro atoms. The topological polar surface area (TPSA) is 81.7 Å². The Bertz CT molecular complexity index is 458. The second-order valence-electron chi connectivity index (χ2n) is 5.50. The lowest BCUT2D eigenvalue weighted by molar-refractivity contribution is -0.178. The van der Waals surface area contributed by atoms with Gasteiger partial charge >= 0.3 is 0 Å². The molecule has 118 valence electrons. The van der Waals surface area contributed by atoms with Gasteiger partial charge in [0.05, 0.1) is 24.2 Å². The molecule has 1 N–H and O–H groups in total. The molecule has 8 heteroatoms. The third kappa shape index (κ3) is 4.00. The minimum atomic E-state index is -3.09. The lowest BCUT2D eigenvalue weighted by Crippen LogP contribution is -2.52. The molecule has 1 aliphatic carbocycles. The van der Waals surface area contributed by atoms with Crippen LogP contribution in [0.2, 0.25) is 0 Å². The number of nitrogens with one attached hydrogen (secondary N) is 1. The summed E-state index contributed by atoms with van der Waals surface area (Å²) < 4.78 is 46.3. The van der Waals surface area contributed by atoms with E-state index in [-0.39, 0.29) is 22.8 Å². The van der Waals surface area contributed by atoms with Crippen molar-refractivity contribution in [1.29, 1.82) is 0 Å². The van der Waals surface area contributed by atoms with Crippen LogP contribution in [-0.2, 0) is 30.1 Å². The number of hydrogen-bond donors (Lipinski definition) is 1. The number of hydrogen-bond acceptors (Lipinski definition) is 6. The molecule has 0 radical (unpaired) electrons. The monoisotopic (exact) mass is 325 g/mol. The normalized spacial score (nSPS) is 31.5. The summed E-state index contributed by atoms with van der Waals surface area (Å²) in [6, 6.07) is 0.119. The average molecular weight is 325 g/mol. The van der Waals surface area contributed by atoms with Gasteiger partial charge < -0.3 is 14.8 Å². The largest absolute Gasteiger partial charge is 0.347 e. The van der Waals surface area contributed by atoms with Gasteiger partial charge in [0.25, 0.3) is 0 Å². The fourth-order valence-corrected chi connectivity index (χ4v) is 6.11. The average Bonchev–Trinajstić information content (AvgIpc) is 2.83. The van der Waals surface area contributed by atoms with E-state index in [0.717, 1.165) is 12.8 Å². The smallest absolute Gasteiger partial charge is 0.169 e. The maximum Gasteiger partial charge on any atom is 0.169 e. The van der Waals surface area contributed by atoms with Crippen molar-refractivity contribution >= 4 is 20.6 Å². The zero-order valence-corrected chi connectivity index (χ0v) is 13.6. The maximum atomic E-state index is 12.4. The molecule has 3 unspecified atom stereocenters.